The molecule has 25 heavy (non-hydrogen) atoms. The van der Waals surface area contributed by atoms with Gasteiger partial charge in [-0.2, -0.15) is 0 Å². The Morgan fingerprint density at radius 3 is 2.76 bits per heavy atom. The van der Waals surface area contributed by atoms with Crippen LogP contribution in [0.25, 0.3) is 11.5 Å². The lowest BCUT2D eigenvalue weighted by Crippen LogP contribution is -1.96. The van der Waals surface area contributed by atoms with Crippen molar-refractivity contribution in [3.05, 3.63) is 58.1 Å². The number of ketones is 1. The third-order valence-corrected chi connectivity index (χ3v) is 5.11. The van der Waals surface area contributed by atoms with Crippen LogP contribution in [0.15, 0.2) is 56.6 Å². The molecule has 0 saturated heterocycles. The van der Waals surface area contributed by atoms with Crippen molar-refractivity contribution < 1.29 is 13.9 Å². The van der Waals surface area contributed by atoms with Gasteiger partial charge in [-0.25, -0.2) is 0 Å². The molecule has 3 rings (SSSR count). The van der Waals surface area contributed by atoms with Crippen molar-refractivity contribution in [2.75, 3.05) is 7.11 Å². The molecule has 0 aliphatic heterocycles. The fourth-order valence-electron chi connectivity index (χ4n) is 2.26. The van der Waals surface area contributed by atoms with Gasteiger partial charge in [-0.1, -0.05) is 23.9 Å². The van der Waals surface area contributed by atoms with Crippen LogP contribution in [0, 0.1) is 0 Å². The van der Waals surface area contributed by atoms with Crippen molar-refractivity contribution in [2.45, 2.75) is 17.9 Å². The summed E-state index contributed by atoms with van der Waals surface area (Å²) in [6.45, 7) is 1.54. The topological polar surface area (TPSA) is 65.2 Å². The molecule has 128 valence electrons. The monoisotopic (exact) mass is 418 g/mol. The largest absolute Gasteiger partial charge is 0.496 e. The van der Waals surface area contributed by atoms with Crippen molar-refractivity contribution >= 4 is 33.5 Å². The molecule has 0 unspecified atom stereocenters. The van der Waals surface area contributed by atoms with E-state index in [-0.39, 0.29) is 5.78 Å². The van der Waals surface area contributed by atoms with E-state index in [2.05, 4.69) is 26.1 Å². The molecule has 1 heterocycles. The number of rotatable bonds is 6. The second-order valence-corrected chi connectivity index (χ2v) is 7.01. The molecule has 0 atom stereocenters. The summed E-state index contributed by atoms with van der Waals surface area (Å²) in [4.78, 5) is 11.6. The van der Waals surface area contributed by atoms with Gasteiger partial charge in [-0.15, -0.1) is 10.2 Å². The third kappa shape index (κ3) is 4.11. The summed E-state index contributed by atoms with van der Waals surface area (Å²) >= 11 is 4.87. The van der Waals surface area contributed by atoms with Crippen LogP contribution in [0.2, 0.25) is 0 Å². The highest BCUT2D eigenvalue weighted by atomic mass is 79.9. The summed E-state index contributed by atoms with van der Waals surface area (Å²) < 4.78 is 12.0. The molecule has 0 aliphatic rings. The first kappa shape index (κ1) is 17.7. The number of benzene rings is 2. The quantitative estimate of drug-likeness (QED) is 0.414. The van der Waals surface area contributed by atoms with Crippen LogP contribution in [0.4, 0.5) is 0 Å². The van der Waals surface area contributed by atoms with E-state index in [1.165, 1.54) is 11.8 Å². The van der Waals surface area contributed by atoms with Crippen LogP contribution in [0.5, 0.6) is 5.75 Å². The molecule has 0 N–H and O–H groups in total. The van der Waals surface area contributed by atoms with Gasteiger partial charge >= 0.3 is 0 Å². The number of carbonyl (C=O) groups is 1. The Hall–Kier alpha value is -2.12. The number of halogens is 1. The van der Waals surface area contributed by atoms with E-state index in [0.29, 0.717) is 22.4 Å². The van der Waals surface area contributed by atoms with Crippen molar-refractivity contribution in [1.29, 1.82) is 0 Å². The van der Waals surface area contributed by atoms with E-state index in [4.69, 9.17) is 9.15 Å². The first-order valence-electron chi connectivity index (χ1n) is 7.47. The molecule has 0 aliphatic carbocycles. The van der Waals surface area contributed by atoms with Crippen LogP contribution < -0.4 is 4.74 Å². The van der Waals surface area contributed by atoms with Gasteiger partial charge in [0.05, 0.1) is 12.7 Å². The molecule has 0 saturated carbocycles. The summed E-state index contributed by atoms with van der Waals surface area (Å²) in [7, 11) is 1.61. The Morgan fingerprint density at radius 1 is 1.24 bits per heavy atom. The van der Waals surface area contributed by atoms with Crippen LogP contribution in [0.1, 0.15) is 22.8 Å². The molecule has 2 aromatic carbocycles. The summed E-state index contributed by atoms with van der Waals surface area (Å²) in [5.41, 5.74) is 2.40. The van der Waals surface area contributed by atoms with Gasteiger partial charge in [0.25, 0.3) is 5.22 Å². The van der Waals surface area contributed by atoms with E-state index >= 15 is 0 Å². The van der Waals surface area contributed by atoms with E-state index in [1.54, 1.807) is 26.2 Å². The Labute approximate surface area is 157 Å². The first-order valence-corrected chi connectivity index (χ1v) is 9.25. The number of nitrogens with zero attached hydrogens (tertiary/aromatic N) is 2. The van der Waals surface area contributed by atoms with Crippen molar-refractivity contribution in [3.63, 3.8) is 0 Å². The lowest BCUT2D eigenvalue weighted by molar-refractivity contribution is 0.101. The van der Waals surface area contributed by atoms with Gasteiger partial charge in [0.15, 0.2) is 5.78 Å². The summed E-state index contributed by atoms with van der Waals surface area (Å²) in [6, 6.07) is 13.1. The minimum absolute atomic E-state index is 0.0166. The smallest absolute Gasteiger partial charge is 0.277 e. The highest BCUT2D eigenvalue weighted by Gasteiger charge is 2.13. The number of methoxy groups -OCH3 is 1. The fourth-order valence-corrected chi connectivity index (χ4v) is 3.46. The fraction of sp³-hybridized carbons (Fsp3) is 0.167. The van der Waals surface area contributed by atoms with Gasteiger partial charge in [0.1, 0.15) is 5.75 Å². The van der Waals surface area contributed by atoms with Crippen LogP contribution >= 0.6 is 27.7 Å². The predicted molar refractivity (Wildman–Crippen MR) is 100.0 cm³/mol. The maximum atomic E-state index is 11.6. The van der Waals surface area contributed by atoms with Gasteiger partial charge < -0.3 is 9.15 Å². The molecule has 0 bridgehead atoms. The number of hydrogen-bond donors (Lipinski definition) is 0. The van der Waals surface area contributed by atoms with Crippen molar-refractivity contribution in [1.82, 2.24) is 10.2 Å². The standard InChI is InChI=1S/C18H15BrN2O3S/c1-11(22)12-7-8-16(23-2)13(9-12)10-25-18-21-20-17(24-18)14-5-3-4-6-15(14)19/h3-9H,10H2,1-2H3. The van der Waals surface area contributed by atoms with Gasteiger partial charge in [0.2, 0.25) is 5.89 Å². The highest BCUT2D eigenvalue weighted by Crippen LogP contribution is 2.32. The SMILES string of the molecule is COc1ccc(C(C)=O)cc1CSc1nnc(-c2ccccc2Br)o1. The molecule has 5 nitrogen and oxygen atoms in total. The minimum Gasteiger partial charge on any atom is -0.496 e. The molecule has 0 amide bonds. The number of thioether (sulfide) groups is 1. The average Bonchev–Trinajstić information content (AvgIpc) is 3.08. The second-order valence-electron chi connectivity index (χ2n) is 5.22. The van der Waals surface area contributed by atoms with E-state index in [0.717, 1.165) is 21.3 Å². The van der Waals surface area contributed by atoms with Gasteiger partial charge in [0, 0.05) is 21.4 Å². The molecule has 0 spiro atoms. The third-order valence-electron chi connectivity index (χ3n) is 3.55. The normalized spacial score (nSPS) is 10.7. The lowest BCUT2D eigenvalue weighted by Gasteiger charge is -2.08. The Kier molecular flexibility index (Phi) is 5.55. The number of ether oxygens (including phenoxy) is 1. The zero-order valence-corrected chi connectivity index (χ0v) is 16.1. The molecule has 0 fully saturated rings. The molecule has 1 aromatic heterocycles. The van der Waals surface area contributed by atoms with E-state index in [9.17, 15) is 4.79 Å². The number of hydrogen-bond acceptors (Lipinski definition) is 6. The van der Waals surface area contributed by atoms with Crippen molar-refractivity contribution in [2.24, 2.45) is 0 Å². The van der Waals surface area contributed by atoms with Gasteiger partial charge in [-0.3, -0.25) is 4.79 Å². The maximum Gasteiger partial charge on any atom is 0.277 e. The Bertz CT molecular complexity index is 911. The molecule has 0 radical (unpaired) electrons. The number of Topliss-reactive ketones (excluding diaryl/α,β-unsaturated/α-hetero) is 1. The summed E-state index contributed by atoms with van der Waals surface area (Å²) in [5, 5.41) is 8.63. The highest BCUT2D eigenvalue weighted by molar-refractivity contribution is 9.10. The zero-order valence-electron chi connectivity index (χ0n) is 13.7. The van der Waals surface area contributed by atoms with Crippen LogP contribution in [-0.2, 0) is 5.75 Å². The zero-order chi connectivity index (χ0) is 17.8. The Balaban J connectivity index is 1.78. The summed E-state index contributed by atoms with van der Waals surface area (Å²) in [5.74, 6) is 1.76. The Morgan fingerprint density at radius 2 is 2.04 bits per heavy atom. The average molecular weight is 419 g/mol. The number of aromatic nitrogens is 2. The van der Waals surface area contributed by atoms with Crippen LogP contribution in [-0.4, -0.2) is 23.1 Å². The van der Waals surface area contributed by atoms with E-state index in [1.807, 2.05) is 30.3 Å². The predicted octanol–water partition coefficient (Wildman–Crippen LogP) is 5.00. The number of carbonyl (C=O) groups excluding carboxylic acids is 1. The van der Waals surface area contributed by atoms with E-state index < -0.39 is 0 Å². The molecular weight excluding hydrogens is 404 g/mol. The van der Waals surface area contributed by atoms with Crippen molar-refractivity contribution in [3.8, 4) is 17.2 Å². The molecule has 3 aromatic rings. The second kappa shape index (κ2) is 7.84. The van der Waals surface area contributed by atoms with Crippen LogP contribution in [0.3, 0.4) is 0 Å². The molecule has 7 heteroatoms. The first-order chi connectivity index (χ1) is 12.1. The maximum absolute atomic E-state index is 11.6. The minimum atomic E-state index is 0.0166. The van der Waals surface area contributed by atoms with Gasteiger partial charge in [-0.05, 0) is 53.2 Å². The lowest BCUT2D eigenvalue weighted by atomic mass is 10.1. The molecular formula is C18H15BrN2O3S. The summed E-state index contributed by atoms with van der Waals surface area (Å²) in [6.07, 6.45) is 0.